The molecular formula is C16H12BrClS. The summed E-state index contributed by atoms with van der Waals surface area (Å²) in [5.74, 6) is 0. The van der Waals surface area contributed by atoms with Gasteiger partial charge in [0.05, 0.1) is 9.16 Å². The number of alkyl halides is 1. The molecule has 0 aliphatic carbocycles. The molecule has 0 nitrogen and oxygen atoms in total. The van der Waals surface area contributed by atoms with Crippen LogP contribution in [0.2, 0.25) is 0 Å². The van der Waals surface area contributed by atoms with Crippen LogP contribution in [0.4, 0.5) is 0 Å². The van der Waals surface area contributed by atoms with Crippen LogP contribution in [0.5, 0.6) is 0 Å². The predicted molar refractivity (Wildman–Crippen MR) is 88.4 cm³/mol. The summed E-state index contributed by atoms with van der Waals surface area (Å²) in [4.78, 5) is 1.18. The molecule has 0 saturated heterocycles. The molecule has 0 aliphatic heterocycles. The van der Waals surface area contributed by atoms with Crippen molar-refractivity contribution in [3.05, 3.63) is 68.3 Å². The monoisotopic (exact) mass is 350 g/mol. The van der Waals surface area contributed by atoms with E-state index in [-0.39, 0.29) is 5.38 Å². The van der Waals surface area contributed by atoms with Gasteiger partial charge >= 0.3 is 0 Å². The van der Waals surface area contributed by atoms with Crippen LogP contribution in [0.3, 0.4) is 0 Å². The fraction of sp³-hybridized carbons (Fsp3) is 0.125. The molecule has 0 radical (unpaired) electrons. The summed E-state index contributed by atoms with van der Waals surface area (Å²) in [5, 5.41) is 2.40. The van der Waals surface area contributed by atoms with Gasteiger partial charge in [-0.15, -0.1) is 22.9 Å². The average molecular weight is 352 g/mol. The fourth-order valence-electron chi connectivity index (χ4n) is 2.14. The Balaban J connectivity index is 2.03. The lowest BCUT2D eigenvalue weighted by molar-refractivity contribution is 1.19. The lowest BCUT2D eigenvalue weighted by Crippen LogP contribution is -1.90. The Morgan fingerprint density at radius 3 is 2.47 bits per heavy atom. The molecule has 0 bridgehead atoms. The highest BCUT2D eigenvalue weighted by Crippen LogP contribution is 2.38. The molecule has 19 heavy (non-hydrogen) atoms. The third kappa shape index (κ3) is 2.58. The summed E-state index contributed by atoms with van der Waals surface area (Å²) >= 11 is 11.9. The topological polar surface area (TPSA) is 0 Å². The maximum Gasteiger partial charge on any atom is 0.0928 e. The van der Waals surface area contributed by atoms with Crippen LogP contribution >= 0.6 is 38.9 Å². The molecule has 3 rings (SSSR count). The summed E-state index contributed by atoms with van der Waals surface area (Å²) in [6.07, 6.45) is 0. The van der Waals surface area contributed by atoms with Gasteiger partial charge in [-0.25, -0.2) is 0 Å². The van der Waals surface area contributed by atoms with Gasteiger partial charge < -0.3 is 0 Å². The highest BCUT2D eigenvalue weighted by Gasteiger charge is 2.15. The van der Waals surface area contributed by atoms with E-state index in [0.29, 0.717) is 0 Å². The molecule has 3 aromatic rings. The zero-order chi connectivity index (χ0) is 13.4. The van der Waals surface area contributed by atoms with Crippen molar-refractivity contribution in [3.8, 4) is 0 Å². The largest absolute Gasteiger partial charge is 0.131 e. The highest BCUT2D eigenvalue weighted by atomic mass is 79.9. The van der Waals surface area contributed by atoms with Gasteiger partial charge in [0.1, 0.15) is 0 Å². The van der Waals surface area contributed by atoms with E-state index < -0.39 is 0 Å². The van der Waals surface area contributed by atoms with Crippen molar-refractivity contribution >= 4 is 49.6 Å². The van der Waals surface area contributed by atoms with E-state index in [0.717, 1.165) is 9.35 Å². The van der Waals surface area contributed by atoms with Gasteiger partial charge in [-0.05, 0) is 56.9 Å². The predicted octanol–water partition coefficient (Wildman–Crippen LogP) is 6.30. The molecule has 0 saturated carbocycles. The van der Waals surface area contributed by atoms with Gasteiger partial charge in [0.15, 0.2) is 0 Å². The maximum atomic E-state index is 6.61. The quantitative estimate of drug-likeness (QED) is 0.475. The molecule has 0 N–H and O–H groups in total. The number of rotatable bonds is 2. The van der Waals surface area contributed by atoms with Crippen LogP contribution < -0.4 is 0 Å². The molecule has 0 spiro atoms. The minimum Gasteiger partial charge on any atom is -0.131 e. The zero-order valence-electron chi connectivity index (χ0n) is 10.4. The van der Waals surface area contributed by atoms with Crippen LogP contribution in [0.15, 0.2) is 52.3 Å². The van der Waals surface area contributed by atoms with Crippen molar-refractivity contribution in [2.75, 3.05) is 0 Å². The average Bonchev–Trinajstić information content (AvgIpc) is 2.77. The molecule has 0 fully saturated rings. The molecule has 1 heterocycles. The molecule has 0 aliphatic rings. The van der Waals surface area contributed by atoms with Crippen molar-refractivity contribution in [1.29, 1.82) is 0 Å². The normalized spacial score (nSPS) is 12.8. The Kier molecular flexibility index (Phi) is 3.66. The Morgan fingerprint density at radius 2 is 1.79 bits per heavy atom. The van der Waals surface area contributed by atoms with Crippen LogP contribution in [-0.4, -0.2) is 0 Å². The number of benzene rings is 2. The number of fused-ring (bicyclic) bond motifs is 1. The van der Waals surface area contributed by atoms with E-state index >= 15 is 0 Å². The Labute approximate surface area is 130 Å². The van der Waals surface area contributed by atoms with E-state index in [1.807, 2.05) is 0 Å². The molecule has 96 valence electrons. The molecule has 0 amide bonds. The van der Waals surface area contributed by atoms with Crippen molar-refractivity contribution in [2.45, 2.75) is 12.3 Å². The molecule has 1 unspecified atom stereocenters. The third-order valence-electron chi connectivity index (χ3n) is 3.19. The van der Waals surface area contributed by atoms with Gasteiger partial charge in [-0.1, -0.05) is 36.4 Å². The first kappa shape index (κ1) is 13.2. The summed E-state index contributed by atoms with van der Waals surface area (Å²) in [6.45, 7) is 2.09. The minimum absolute atomic E-state index is 0.0837. The summed E-state index contributed by atoms with van der Waals surface area (Å²) in [7, 11) is 0. The Bertz CT molecular complexity index is 713. The SMILES string of the molecule is Cc1cc(C(Cl)c2ccc3ccccc3c2)sc1Br. The number of halogens is 2. The molecule has 3 heteroatoms. The first-order valence-corrected chi connectivity index (χ1v) is 8.08. The highest BCUT2D eigenvalue weighted by molar-refractivity contribution is 9.11. The third-order valence-corrected chi connectivity index (χ3v) is 6.01. The second-order valence-electron chi connectivity index (χ2n) is 4.57. The van der Waals surface area contributed by atoms with Gasteiger partial charge in [0, 0.05) is 4.88 Å². The van der Waals surface area contributed by atoms with Crippen LogP contribution in [-0.2, 0) is 0 Å². The first-order valence-electron chi connectivity index (χ1n) is 6.04. The Hall–Kier alpha value is -0.830. The lowest BCUT2D eigenvalue weighted by Gasteiger charge is -2.09. The van der Waals surface area contributed by atoms with E-state index in [9.17, 15) is 0 Å². The van der Waals surface area contributed by atoms with E-state index in [4.69, 9.17) is 11.6 Å². The summed E-state index contributed by atoms with van der Waals surface area (Å²) < 4.78 is 1.16. The number of aryl methyl sites for hydroxylation is 1. The lowest BCUT2D eigenvalue weighted by atomic mass is 10.0. The second kappa shape index (κ2) is 5.28. The molecule has 2 aromatic carbocycles. The molecule has 1 atom stereocenters. The molecule has 1 aromatic heterocycles. The first-order chi connectivity index (χ1) is 9.15. The second-order valence-corrected chi connectivity index (χ2v) is 7.41. The van der Waals surface area contributed by atoms with Gasteiger partial charge in [-0.2, -0.15) is 0 Å². The van der Waals surface area contributed by atoms with Gasteiger partial charge in [-0.3, -0.25) is 0 Å². The van der Waals surface area contributed by atoms with Crippen LogP contribution in [0.1, 0.15) is 21.4 Å². The van der Waals surface area contributed by atoms with E-state index in [1.165, 1.54) is 21.2 Å². The number of hydrogen-bond donors (Lipinski definition) is 0. The van der Waals surface area contributed by atoms with Gasteiger partial charge in [0.25, 0.3) is 0 Å². The fourth-order valence-corrected chi connectivity index (χ4v) is 4.05. The van der Waals surface area contributed by atoms with Crippen molar-refractivity contribution in [1.82, 2.24) is 0 Å². The minimum atomic E-state index is -0.0837. The molecular weight excluding hydrogens is 340 g/mol. The van der Waals surface area contributed by atoms with E-state index in [2.05, 4.69) is 71.4 Å². The number of thiophene rings is 1. The zero-order valence-corrected chi connectivity index (χ0v) is 13.5. The number of hydrogen-bond acceptors (Lipinski definition) is 1. The standard InChI is InChI=1S/C16H12BrClS/c1-10-8-14(19-16(10)17)15(18)13-7-6-11-4-2-3-5-12(11)9-13/h2-9,15H,1H3. The van der Waals surface area contributed by atoms with Crippen LogP contribution in [0.25, 0.3) is 10.8 Å². The van der Waals surface area contributed by atoms with Crippen LogP contribution in [0, 0.1) is 6.92 Å². The van der Waals surface area contributed by atoms with Crippen molar-refractivity contribution in [2.24, 2.45) is 0 Å². The van der Waals surface area contributed by atoms with Crippen molar-refractivity contribution < 1.29 is 0 Å². The summed E-state index contributed by atoms with van der Waals surface area (Å²) in [6, 6.07) is 16.9. The van der Waals surface area contributed by atoms with Gasteiger partial charge in [0.2, 0.25) is 0 Å². The maximum absolute atomic E-state index is 6.61. The van der Waals surface area contributed by atoms with E-state index in [1.54, 1.807) is 11.3 Å². The van der Waals surface area contributed by atoms with Crippen molar-refractivity contribution in [3.63, 3.8) is 0 Å². The smallest absolute Gasteiger partial charge is 0.0928 e. The Morgan fingerprint density at radius 1 is 1.05 bits per heavy atom. The summed E-state index contributed by atoms with van der Waals surface area (Å²) in [5.41, 5.74) is 2.39.